The van der Waals surface area contributed by atoms with E-state index >= 15 is 0 Å². The van der Waals surface area contributed by atoms with Crippen LogP contribution in [-0.4, -0.2) is 23.3 Å². The number of rotatable bonds is 2. The molecule has 16 heteroatoms. The molecule has 0 spiro atoms. The van der Waals surface area contributed by atoms with Crippen molar-refractivity contribution in [1.82, 2.24) is 4.90 Å². The minimum Gasteiger partial charge on any atom is -0.411 e. The van der Waals surface area contributed by atoms with Gasteiger partial charge in [-0.1, -0.05) is 40.7 Å². The molecule has 0 aliphatic carbocycles. The van der Waals surface area contributed by atoms with Crippen molar-refractivity contribution in [2.45, 2.75) is 0 Å². The van der Waals surface area contributed by atoms with Crippen LogP contribution in [0.3, 0.4) is 0 Å². The molecule has 0 heterocycles. The van der Waals surface area contributed by atoms with Crippen LogP contribution in [0.15, 0.2) is 60.7 Å². The molecule has 0 N–H and O–H groups in total. The van der Waals surface area contributed by atoms with Gasteiger partial charge >= 0.3 is 44.8 Å². The van der Waals surface area contributed by atoms with Crippen LogP contribution in [0.25, 0.3) is 0 Å². The van der Waals surface area contributed by atoms with Gasteiger partial charge in [-0.3, -0.25) is 17.6 Å². The average molecular weight is 1060 g/mol. The molecule has 0 aliphatic rings. The van der Waals surface area contributed by atoms with Crippen molar-refractivity contribution in [3.8, 4) is 0 Å². The van der Waals surface area contributed by atoms with Crippen molar-refractivity contribution in [3.63, 3.8) is 0 Å². The summed E-state index contributed by atoms with van der Waals surface area (Å²) >= 11 is 9.12. The van der Waals surface area contributed by atoms with Crippen molar-refractivity contribution in [2.24, 2.45) is 0 Å². The molecule has 250 valence electrons. The molecule has 0 aliphatic heterocycles. The number of halogens is 10. The van der Waals surface area contributed by atoms with Crippen LogP contribution in [0.2, 0.25) is 0 Å². The first-order chi connectivity index (χ1) is 19.9. The van der Waals surface area contributed by atoms with E-state index in [2.05, 4.69) is 62.4 Å². The first-order valence-corrected chi connectivity index (χ1v) is 14.3. The fourth-order valence-corrected chi connectivity index (χ4v) is 4.35. The van der Waals surface area contributed by atoms with E-state index in [0.717, 1.165) is 12.1 Å². The van der Waals surface area contributed by atoms with Crippen molar-refractivity contribution in [1.29, 1.82) is 0 Å². The molecule has 4 aromatic carbocycles. The first kappa shape index (κ1) is 45.3. The summed E-state index contributed by atoms with van der Waals surface area (Å²) in [6.45, 7) is 8.62. The third-order valence-electron chi connectivity index (χ3n) is 4.85. The van der Waals surface area contributed by atoms with Gasteiger partial charge in [-0.2, -0.15) is 20.6 Å². The fraction of sp³-hybridized carbons (Fsp3) is 0.0690. The molecule has 0 aromatic heterocycles. The average Bonchev–Trinajstić information content (AvgIpc) is 2.99. The number of benzene rings is 4. The Balaban J connectivity index is 0. The Kier molecular flexibility index (Phi) is 21.3. The number of hydrogen-bond acceptors (Lipinski definition) is 2. The molecule has 0 fully saturated rings. The van der Waals surface area contributed by atoms with E-state index in [1.807, 2.05) is 50.5 Å². The van der Waals surface area contributed by atoms with E-state index in [1.165, 1.54) is 10.6 Å². The summed E-state index contributed by atoms with van der Waals surface area (Å²) in [6.07, 6.45) is 0. The van der Waals surface area contributed by atoms with Gasteiger partial charge in [0, 0.05) is 24.7 Å². The number of hydrogen-bond donors (Lipinski definition) is 0. The van der Waals surface area contributed by atoms with Crippen molar-refractivity contribution in [3.05, 3.63) is 144 Å². The Morgan fingerprint density at radius 1 is 0.600 bits per heavy atom. The van der Waals surface area contributed by atoms with Crippen LogP contribution in [0.4, 0.5) is 43.9 Å². The van der Waals surface area contributed by atoms with Gasteiger partial charge in [-0.25, -0.2) is 26.3 Å². The molecule has 0 amide bonds. The minimum atomic E-state index is -2.17. The second kappa shape index (κ2) is 21.1. The third-order valence-corrected chi connectivity index (χ3v) is 8.15. The molecule has 0 bridgehead atoms. The summed E-state index contributed by atoms with van der Waals surface area (Å²) in [5.74, 6) is -20.1. The maximum Gasteiger partial charge on any atom is 3.00 e. The summed E-state index contributed by atoms with van der Waals surface area (Å²) < 4.78 is 120. The van der Waals surface area contributed by atoms with Crippen LogP contribution >= 0.6 is 19.5 Å². The third kappa shape index (κ3) is 13.8. The molecule has 0 radical (unpaired) electrons. The molecule has 45 heavy (non-hydrogen) atoms. The van der Waals surface area contributed by atoms with Gasteiger partial charge in [-0.15, -0.1) is 12.1 Å². The van der Waals surface area contributed by atoms with Gasteiger partial charge in [-0.05, 0) is 24.3 Å². The van der Waals surface area contributed by atoms with E-state index in [9.17, 15) is 43.9 Å². The summed E-state index contributed by atoms with van der Waals surface area (Å²) in [5.41, 5.74) is 0. The summed E-state index contributed by atoms with van der Waals surface area (Å²) in [7, 11) is 2.01. The van der Waals surface area contributed by atoms with Gasteiger partial charge in [0.2, 0.25) is 0 Å². The summed E-state index contributed by atoms with van der Waals surface area (Å²) in [4.78, 5) is 1.71. The molecular weight excluding hydrogens is 1040 g/mol. The second-order valence-corrected chi connectivity index (χ2v) is 12.2. The smallest absolute Gasteiger partial charge is 0.411 e. The molecule has 0 saturated heterocycles. The van der Waals surface area contributed by atoms with Gasteiger partial charge < -0.3 is 29.7 Å². The summed E-state index contributed by atoms with van der Waals surface area (Å²) in [6, 6.07) is 22.7. The van der Waals surface area contributed by atoms with Gasteiger partial charge in [0.15, 0.2) is 0 Å². The Morgan fingerprint density at radius 3 is 1.02 bits per heavy atom. The zero-order valence-electron chi connectivity index (χ0n) is 22.8. The van der Waals surface area contributed by atoms with E-state index in [-0.39, 0.29) is 44.8 Å². The van der Waals surface area contributed by atoms with E-state index < -0.39 is 65.4 Å². The van der Waals surface area contributed by atoms with Crippen molar-refractivity contribution < 1.29 is 88.7 Å². The standard InChI is InChI=1S/C14H14P.2C6F5.C3H7NS2.2Au/c1-15(2,13-9-5-3-6-10-13)14-11-7-4-8-12-14;2*7-2-1-3(8)5(10)6(11)4(2)9;1-4(2)3(5)6;;/h3-12H,1-2H2;;;1-2H3,(H,5,6);;/q3*-1;;+1;+3/p-1. The normalized spacial score (nSPS) is 9.82. The van der Waals surface area contributed by atoms with Crippen LogP contribution in [0, 0.1) is 83.6 Å². The minimum absolute atomic E-state index is 0. The molecule has 4 aromatic rings. The molecule has 0 saturated carbocycles. The van der Waals surface area contributed by atoms with E-state index in [1.54, 1.807) is 4.90 Å². The monoisotopic (exact) mass is 1060 g/mol. The number of thiocarbonyl (C=S) groups is 1. The van der Waals surface area contributed by atoms with Crippen LogP contribution in [-0.2, 0) is 57.4 Å². The predicted molar refractivity (Wildman–Crippen MR) is 154 cm³/mol. The Hall–Kier alpha value is -1.80. The van der Waals surface area contributed by atoms with Crippen LogP contribution in [0.5, 0.6) is 0 Å². The van der Waals surface area contributed by atoms with Crippen molar-refractivity contribution >= 4 is 47.0 Å². The quantitative estimate of drug-likeness (QED) is 0.0294. The maximum absolute atomic E-state index is 12.0. The SMILES string of the molecule is CN(C)C(=S)[S-].Fc1[c-]c(F)c(F)c(F)c1F.Fc1[c-]c(F)c(F)c(F)c1F.[Au+3].[Au+].[CH2-][P+]([CH2-])(c1ccccc1)c1ccccc1. The molecule has 0 unspecified atom stereocenters. The van der Waals surface area contributed by atoms with Gasteiger partial charge in [0.05, 0.1) is 58.2 Å². The topological polar surface area (TPSA) is 3.24 Å². The van der Waals surface area contributed by atoms with Crippen LogP contribution in [0.1, 0.15) is 0 Å². The van der Waals surface area contributed by atoms with Gasteiger partial charge in [0.25, 0.3) is 0 Å². The first-order valence-electron chi connectivity index (χ1n) is 11.3. The van der Waals surface area contributed by atoms with Crippen molar-refractivity contribution in [2.75, 3.05) is 14.1 Å². The Labute approximate surface area is 297 Å². The fourth-order valence-electron chi connectivity index (χ4n) is 2.57. The Bertz CT molecular complexity index is 1360. The van der Waals surface area contributed by atoms with E-state index in [0.29, 0.717) is 4.32 Å². The Morgan fingerprint density at radius 2 is 0.822 bits per heavy atom. The predicted octanol–water partition coefficient (Wildman–Crippen LogP) is 7.98. The maximum atomic E-state index is 12.0. The van der Waals surface area contributed by atoms with E-state index in [4.69, 9.17) is 0 Å². The molecular formula is C29H20Au2F10NPS2. The molecule has 1 nitrogen and oxygen atoms in total. The second-order valence-electron chi connectivity index (χ2n) is 8.19. The van der Waals surface area contributed by atoms with Gasteiger partial charge in [0.1, 0.15) is 0 Å². The van der Waals surface area contributed by atoms with Crippen LogP contribution < -0.4 is 10.6 Å². The zero-order valence-corrected chi connectivity index (χ0v) is 29.6. The zero-order chi connectivity index (χ0) is 33.1. The largest absolute Gasteiger partial charge is 3.00 e. The molecule has 4 rings (SSSR count). The number of nitrogens with zero attached hydrogens (tertiary/aromatic N) is 1. The summed E-state index contributed by atoms with van der Waals surface area (Å²) in [5, 5.41) is 2.49. The molecule has 0 atom stereocenters.